The first-order chi connectivity index (χ1) is 16.2. The number of carbonyl (C=O) groups excluding carboxylic acids is 1. The van der Waals surface area contributed by atoms with Gasteiger partial charge in [-0.25, -0.2) is 4.98 Å². The van der Waals surface area contributed by atoms with Gasteiger partial charge in [-0.2, -0.15) is 0 Å². The van der Waals surface area contributed by atoms with Crippen molar-refractivity contribution in [3.63, 3.8) is 0 Å². The molecule has 0 unspecified atom stereocenters. The summed E-state index contributed by atoms with van der Waals surface area (Å²) < 4.78 is 17.5. The summed E-state index contributed by atoms with van der Waals surface area (Å²) >= 11 is 1.60. The highest BCUT2D eigenvalue weighted by Gasteiger charge is 2.22. The van der Waals surface area contributed by atoms with Crippen LogP contribution in [0.1, 0.15) is 24.5 Å². The largest absolute Gasteiger partial charge is 0.454 e. The highest BCUT2D eigenvalue weighted by atomic mass is 32.1. The fourth-order valence-electron chi connectivity index (χ4n) is 4.32. The lowest BCUT2D eigenvalue weighted by Crippen LogP contribution is -2.39. The van der Waals surface area contributed by atoms with Crippen LogP contribution < -0.4 is 14.4 Å². The second-order valence-electron chi connectivity index (χ2n) is 8.33. The third kappa shape index (κ3) is 4.98. The molecule has 8 heteroatoms. The maximum atomic E-state index is 13.5. The van der Waals surface area contributed by atoms with Gasteiger partial charge in [0, 0.05) is 26.2 Å². The van der Waals surface area contributed by atoms with E-state index < -0.39 is 0 Å². The van der Waals surface area contributed by atoms with E-state index in [1.165, 1.54) is 5.56 Å². The maximum absolute atomic E-state index is 13.5. The van der Waals surface area contributed by atoms with E-state index in [0.29, 0.717) is 18.7 Å². The van der Waals surface area contributed by atoms with Gasteiger partial charge in [0.1, 0.15) is 0 Å². The molecule has 174 valence electrons. The van der Waals surface area contributed by atoms with Crippen LogP contribution in [0.2, 0.25) is 0 Å². The molecule has 1 saturated heterocycles. The van der Waals surface area contributed by atoms with Gasteiger partial charge in [0.05, 0.1) is 29.9 Å². The zero-order valence-electron chi connectivity index (χ0n) is 18.9. The van der Waals surface area contributed by atoms with Crippen molar-refractivity contribution >= 4 is 32.6 Å². The van der Waals surface area contributed by atoms with E-state index in [1.807, 2.05) is 23.1 Å². The molecule has 33 heavy (non-hydrogen) atoms. The number of para-hydroxylation sites is 1. The first kappa shape index (κ1) is 22.1. The van der Waals surface area contributed by atoms with E-state index in [1.54, 1.807) is 11.3 Å². The molecule has 0 N–H and O–H groups in total. The van der Waals surface area contributed by atoms with Gasteiger partial charge in [0.15, 0.2) is 16.6 Å². The van der Waals surface area contributed by atoms with Crippen LogP contribution in [0.25, 0.3) is 10.2 Å². The normalized spacial score (nSPS) is 15.8. The van der Waals surface area contributed by atoms with Crippen molar-refractivity contribution in [1.29, 1.82) is 0 Å². The minimum Gasteiger partial charge on any atom is -0.454 e. The van der Waals surface area contributed by atoms with E-state index in [-0.39, 0.29) is 12.7 Å². The van der Waals surface area contributed by atoms with Crippen LogP contribution in [0.4, 0.5) is 5.13 Å². The molecule has 2 aromatic carbocycles. The number of nitrogens with zero attached hydrogens (tertiary/aromatic N) is 3. The Labute approximate surface area is 197 Å². The minimum atomic E-state index is 0.0490. The predicted octanol–water partition coefficient (Wildman–Crippen LogP) is 3.89. The molecule has 3 heterocycles. The van der Waals surface area contributed by atoms with Gasteiger partial charge >= 0.3 is 0 Å². The number of amides is 1. The lowest BCUT2D eigenvalue weighted by molar-refractivity contribution is -0.118. The van der Waals surface area contributed by atoms with Crippen LogP contribution in [0.15, 0.2) is 36.4 Å². The Morgan fingerprint density at radius 2 is 2.00 bits per heavy atom. The fourth-order valence-corrected chi connectivity index (χ4v) is 5.38. The number of carbonyl (C=O) groups is 1. The molecule has 1 aromatic heterocycles. The average Bonchev–Trinajstić information content (AvgIpc) is 3.48. The monoisotopic (exact) mass is 467 g/mol. The summed E-state index contributed by atoms with van der Waals surface area (Å²) in [5.74, 6) is 1.48. The molecule has 0 bridgehead atoms. The number of aromatic nitrogens is 1. The van der Waals surface area contributed by atoms with Crippen molar-refractivity contribution in [3.8, 4) is 11.5 Å². The molecule has 1 amide bonds. The van der Waals surface area contributed by atoms with Crippen molar-refractivity contribution in [2.75, 3.05) is 51.1 Å². The molecule has 2 aliphatic rings. The maximum Gasteiger partial charge on any atom is 0.233 e. The van der Waals surface area contributed by atoms with Crippen LogP contribution in [-0.4, -0.2) is 62.0 Å². The highest BCUT2D eigenvalue weighted by Crippen LogP contribution is 2.34. The first-order valence-electron chi connectivity index (χ1n) is 11.6. The number of morpholine rings is 1. The SMILES string of the molecule is CCc1cccc2sc(N(CCCN3CCOCC3)C(=O)Cc3ccc4c(c3)OCO4)nc12. The summed E-state index contributed by atoms with van der Waals surface area (Å²) in [4.78, 5) is 22.7. The quantitative estimate of drug-likeness (QED) is 0.501. The van der Waals surface area contributed by atoms with E-state index in [0.717, 1.165) is 72.4 Å². The van der Waals surface area contributed by atoms with E-state index in [2.05, 4.69) is 30.0 Å². The zero-order valence-corrected chi connectivity index (χ0v) is 19.7. The second kappa shape index (κ2) is 10.1. The van der Waals surface area contributed by atoms with Crippen molar-refractivity contribution in [2.45, 2.75) is 26.2 Å². The summed E-state index contributed by atoms with van der Waals surface area (Å²) in [6.45, 7) is 7.42. The van der Waals surface area contributed by atoms with Crippen molar-refractivity contribution < 1.29 is 19.0 Å². The molecule has 0 saturated carbocycles. The van der Waals surface area contributed by atoms with Crippen molar-refractivity contribution in [2.24, 2.45) is 0 Å². The van der Waals surface area contributed by atoms with Gasteiger partial charge in [0.2, 0.25) is 12.7 Å². The number of fused-ring (bicyclic) bond motifs is 2. The van der Waals surface area contributed by atoms with Crippen LogP contribution in [0, 0.1) is 0 Å². The number of hydrogen-bond donors (Lipinski definition) is 0. The van der Waals surface area contributed by atoms with Crippen LogP contribution in [0.3, 0.4) is 0 Å². The Balaban J connectivity index is 1.36. The van der Waals surface area contributed by atoms with Crippen LogP contribution in [0.5, 0.6) is 11.5 Å². The molecule has 3 aromatic rings. The van der Waals surface area contributed by atoms with E-state index in [9.17, 15) is 4.79 Å². The van der Waals surface area contributed by atoms with Gasteiger partial charge in [-0.05, 0) is 42.2 Å². The standard InChI is InChI=1S/C25H29N3O4S/c1-2-19-5-3-6-22-24(19)26-25(33-22)28(10-4-9-27-11-13-30-14-12-27)23(29)16-18-7-8-20-21(15-18)32-17-31-20/h3,5-8,15H,2,4,9-14,16-17H2,1H3. The predicted molar refractivity (Wildman–Crippen MR) is 129 cm³/mol. The molecule has 0 spiro atoms. The van der Waals surface area contributed by atoms with Gasteiger partial charge in [-0.3, -0.25) is 14.6 Å². The molecule has 0 radical (unpaired) electrons. The summed E-state index contributed by atoms with van der Waals surface area (Å²) in [7, 11) is 0. The number of rotatable bonds is 8. The van der Waals surface area contributed by atoms with Gasteiger partial charge in [0.25, 0.3) is 0 Å². The highest BCUT2D eigenvalue weighted by molar-refractivity contribution is 7.22. The smallest absolute Gasteiger partial charge is 0.233 e. The van der Waals surface area contributed by atoms with Crippen molar-refractivity contribution in [3.05, 3.63) is 47.5 Å². The number of ether oxygens (including phenoxy) is 3. The lowest BCUT2D eigenvalue weighted by atomic mass is 10.1. The van der Waals surface area contributed by atoms with E-state index in [4.69, 9.17) is 19.2 Å². The van der Waals surface area contributed by atoms with Crippen LogP contribution >= 0.6 is 11.3 Å². The van der Waals surface area contributed by atoms with Gasteiger partial charge in [-0.15, -0.1) is 0 Å². The molecule has 0 aliphatic carbocycles. The summed E-state index contributed by atoms with van der Waals surface area (Å²) in [6, 6.07) is 12.0. The Morgan fingerprint density at radius 3 is 2.85 bits per heavy atom. The molecule has 2 aliphatic heterocycles. The lowest BCUT2D eigenvalue weighted by Gasteiger charge is -2.27. The second-order valence-corrected chi connectivity index (χ2v) is 9.34. The zero-order chi connectivity index (χ0) is 22.6. The third-order valence-electron chi connectivity index (χ3n) is 6.16. The first-order valence-corrected chi connectivity index (χ1v) is 12.4. The number of thiazole rings is 1. The Bertz CT molecular complexity index is 1130. The number of aryl methyl sites for hydroxylation is 1. The summed E-state index contributed by atoms with van der Waals surface area (Å²) in [5.41, 5.74) is 3.14. The van der Waals surface area contributed by atoms with Gasteiger partial charge in [-0.1, -0.05) is 36.5 Å². The number of benzene rings is 2. The Morgan fingerprint density at radius 1 is 1.15 bits per heavy atom. The Kier molecular flexibility index (Phi) is 6.75. The van der Waals surface area contributed by atoms with Crippen molar-refractivity contribution in [1.82, 2.24) is 9.88 Å². The molecule has 1 fully saturated rings. The van der Waals surface area contributed by atoms with Crippen LogP contribution in [-0.2, 0) is 22.4 Å². The molecule has 7 nitrogen and oxygen atoms in total. The summed E-state index contributed by atoms with van der Waals surface area (Å²) in [5, 5.41) is 0.777. The topological polar surface area (TPSA) is 64.1 Å². The fraction of sp³-hybridized carbons (Fsp3) is 0.440. The molecular formula is C25H29N3O4S. The number of anilines is 1. The minimum absolute atomic E-state index is 0.0490. The average molecular weight is 468 g/mol. The number of hydrogen-bond acceptors (Lipinski definition) is 7. The molecule has 5 rings (SSSR count). The third-order valence-corrected chi connectivity index (χ3v) is 7.20. The van der Waals surface area contributed by atoms with E-state index >= 15 is 0 Å². The van der Waals surface area contributed by atoms with Gasteiger partial charge < -0.3 is 14.2 Å². The molecule has 0 atom stereocenters. The summed E-state index contributed by atoms with van der Waals surface area (Å²) in [6.07, 6.45) is 2.11. The Hall–Kier alpha value is -2.68. The molecular weight excluding hydrogens is 438 g/mol.